The Hall–Kier alpha value is -1.16. The number of halogens is 1. The Bertz CT molecular complexity index is 360. The third-order valence-electron chi connectivity index (χ3n) is 3.08. The predicted molar refractivity (Wildman–Crippen MR) is 64.7 cm³/mol. The van der Waals surface area contributed by atoms with E-state index >= 15 is 0 Å². The molecule has 16 heavy (non-hydrogen) atoms. The van der Waals surface area contributed by atoms with Crippen molar-refractivity contribution in [3.63, 3.8) is 0 Å². The Balaban J connectivity index is 2.99. The van der Waals surface area contributed by atoms with Crippen LogP contribution >= 0.6 is 0 Å². The summed E-state index contributed by atoms with van der Waals surface area (Å²) >= 11 is 0. The van der Waals surface area contributed by atoms with Crippen molar-refractivity contribution in [3.8, 4) is 0 Å². The highest BCUT2D eigenvalue weighted by Crippen LogP contribution is 2.37. The number of hydrogen-bond donors (Lipinski definition) is 2. The summed E-state index contributed by atoms with van der Waals surface area (Å²) in [6, 6.07) is 1.68. The van der Waals surface area contributed by atoms with Gasteiger partial charge >= 0.3 is 0 Å². The molecule has 4 heteroatoms. The number of nitrogen functional groups attached to an aromatic ring is 1. The van der Waals surface area contributed by atoms with Gasteiger partial charge in [-0.1, -0.05) is 20.8 Å². The van der Waals surface area contributed by atoms with Crippen LogP contribution in [0.15, 0.2) is 18.5 Å². The van der Waals surface area contributed by atoms with E-state index in [9.17, 15) is 4.39 Å². The molecule has 0 fully saturated rings. The fourth-order valence-electron chi connectivity index (χ4n) is 1.53. The zero-order chi connectivity index (χ0) is 12.4. The molecule has 0 bridgehead atoms. The van der Waals surface area contributed by atoms with Crippen molar-refractivity contribution >= 4 is 5.69 Å². The summed E-state index contributed by atoms with van der Waals surface area (Å²) in [5, 5.41) is 0. The molecule has 0 aliphatic rings. The minimum absolute atomic E-state index is 0.0230. The van der Waals surface area contributed by atoms with Gasteiger partial charge in [0.05, 0.1) is 0 Å². The number of rotatable bonds is 3. The molecule has 90 valence electrons. The summed E-state index contributed by atoms with van der Waals surface area (Å²) in [5.41, 5.74) is 10.6. The maximum Gasteiger partial charge on any atom is 0.132 e. The van der Waals surface area contributed by atoms with Crippen molar-refractivity contribution < 1.29 is 4.39 Å². The van der Waals surface area contributed by atoms with Crippen molar-refractivity contribution in [3.05, 3.63) is 24.0 Å². The van der Waals surface area contributed by atoms with E-state index < -0.39 is 11.1 Å². The average Bonchev–Trinajstić information content (AvgIpc) is 2.19. The molecule has 0 saturated heterocycles. The van der Waals surface area contributed by atoms with Gasteiger partial charge in [0.2, 0.25) is 0 Å². The van der Waals surface area contributed by atoms with Crippen LogP contribution in [0, 0.1) is 5.41 Å². The van der Waals surface area contributed by atoms with Crippen LogP contribution < -0.4 is 11.5 Å². The molecule has 1 heterocycles. The molecule has 1 rings (SSSR count). The van der Waals surface area contributed by atoms with Gasteiger partial charge in [-0.05, 0) is 17.0 Å². The molecule has 0 aliphatic carbocycles. The van der Waals surface area contributed by atoms with Crippen LogP contribution in [-0.2, 0) is 6.42 Å². The Morgan fingerprint density at radius 2 is 2.00 bits per heavy atom. The molecule has 3 nitrogen and oxygen atoms in total. The molecule has 0 radical (unpaired) electrons. The van der Waals surface area contributed by atoms with Gasteiger partial charge in [-0.15, -0.1) is 0 Å². The van der Waals surface area contributed by atoms with E-state index in [1.165, 1.54) is 0 Å². The van der Waals surface area contributed by atoms with Crippen LogP contribution in [0.2, 0.25) is 0 Å². The van der Waals surface area contributed by atoms with Gasteiger partial charge in [0.25, 0.3) is 0 Å². The summed E-state index contributed by atoms with van der Waals surface area (Å²) in [6.07, 6.45) is 3.40. The first-order valence-corrected chi connectivity index (χ1v) is 5.37. The first-order valence-electron chi connectivity index (χ1n) is 5.37. The maximum atomic E-state index is 14.7. The minimum atomic E-state index is -1.47. The zero-order valence-electron chi connectivity index (χ0n) is 10.1. The van der Waals surface area contributed by atoms with Crippen LogP contribution in [0.5, 0.6) is 0 Å². The topological polar surface area (TPSA) is 64.9 Å². The highest BCUT2D eigenvalue weighted by Gasteiger charge is 2.41. The molecule has 1 aromatic heterocycles. The number of nitrogens with zero attached hydrogens (tertiary/aromatic N) is 1. The van der Waals surface area contributed by atoms with Crippen molar-refractivity contribution in [2.45, 2.75) is 32.9 Å². The van der Waals surface area contributed by atoms with E-state index in [-0.39, 0.29) is 13.0 Å². The van der Waals surface area contributed by atoms with Crippen LogP contribution in [0.25, 0.3) is 0 Å². The molecule has 0 aliphatic heterocycles. The monoisotopic (exact) mass is 225 g/mol. The normalized spacial score (nSPS) is 15.8. The number of alkyl halides is 1. The van der Waals surface area contributed by atoms with Gasteiger partial charge < -0.3 is 11.5 Å². The van der Waals surface area contributed by atoms with E-state index in [0.717, 1.165) is 0 Å². The third-order valence-corrected chi connectivity index (χ3v) is 3.08. The van der Waals surface area contributed by atoms with Crippen LogP contribution in [0.3, 0.4) is 0 Å². The van der Waals surface area contributed by atoms with E-state index in [4.69, 9.17) is 11.5 Å². The molecular weight excluding hydrogens is 205 g/mol. The lowest BCUT2D eigenvalue weighted by Crippen LogP contribution is -2.47. The van der Waals surface area contributed by atoms with Crippen molar-refractivity contribution in [1.29, 1.82) is 0 Å². The molecule has 0 aromatic carbocycles. The van der Waals surface area contributed by atoms with Gasteiger partial charge in [0.1, 0.15) is 5.67 Å². The maximum absolute atomic E-state index is 14.7. The Kier molecular flexibility index (Phi) is 3.53. The van der Waals surface area contributed by atoms with Gasteiger partial charge in [0.15, 0.2) is 0 Å². The van der Waals surface area contributed by atoms with Gasteiger partial charge in [-0.2, -0.15) is 0 Å². The number of anilines is 1. The number of hydrogen-bond acceptors (Lipinski definition) is 3. The molecule has 1 unspecified atom stereocenters. The van der Waals surface area contributed by atoms with Gasteiger partial charge in [-0.25, -0.2) is 4.39 Å². The van der Waals surface area contributed by atoms with Gasteiger partial charge in [0, 0.05) is 31.0 Å². The summed E-state index contributed by atoms with van der Waals surface area (Å²) in [6.45, 7) is 5.50. The number of aromatic nitrogens is 1. The highest BCUT2D eigenvalue weighted by molar-refractivity contribution is 5.45. The standard InChI is InChI=1S/C12H20FN3/c1-11(2,3)12(13,8-14)6-9-7-16-5-4-10(9)15/h4-5,7H,6,8,14H2,1-3H3,(H2,15,16). The predicted octanol–water partition coefficient (Wildman–Crippen LogP) is 1.92. The molecule has 0 saturated carbocycles. The van der Waals surface area contributed by atoms with Crippen molar-refractivity contribution in [2.24, 2.45) is 11.1 Å². The summed E-state index contributed by atoms with van der Waals surface area (Å²) in [4.78, 5) is 3.96. The Labute approximate surface area is 96.1 Å². The largest absolute Gasteiger partial charge is 0.398 e. The molecule has 0 spiro atoms. The second kappa shape index (κ2) is 4.37. The SMILES string of the molecule is CC(C)(C)C(F)(CN)Cc1cnccc1N. The lowest BCUT2D eigenvalue weighted by Gasteiger charge is -2.37. The molecule has 0 amide bonds. The quantitative estimate of drug-likeness (QED) is 0.826. The van der Waals surface area contributed by atoms with E-state index in [2.05, 4.69) is 4.98 Å². The fourth-order valence-corrected chi connectivity index (χ4v) is 1.53. The Morgan fingerprint density at radius 1 is 1.38 bits per heavy atom. The average molecular weight is 225 g/mol. The molecular formula is C12H20FN3. The van der Waals surface area contributed by atoms with Crippen molar-refractivity contribution in [1.82, 2.24) is 4.98 Å². The van der Waals surface area contributed by atoms with E-state index in [0.29, 0.717) is 11.3 Å². The molecule has 4 N–H and O–H groups in total. The van der Waals surface area contributed by atoms with Crippen LogP contribution in [0.1, 0.15) is 26.3 Å². The van der Waals surface area contributed by atoms with E-state index in [1.807, 2.05) is 20.8 Å². The zero-order valence-corrected chi connectivity index (χ0v) is 10.1. The van der Waals surface area contributed by atoms with Crippen LogP contribution in [-0.4, -0.2) is 17.2 Å². The smallest absolute Gasteiger partial charge is 0.132 e. The summed E-state index contributed by atoms with van der Waals surface area (Å²) in [7, 11) is 0. The summed E-state index contributed by atoms with van der Waals surface area (Å²) < 4.78 is 14.7. The highest BCUT2D eigenvalue weighted by atomic mass is 19.1. The Morgan fingerprint density at radius 3 is 2.44 bits per heavy atom. The minimum Gasteiger partial charge on any atom is -0.398 e. The first kappa shape index (κ1) is 12.9. The third kappa shape index (κ3) is 2.50. The molecule has 1 atom stereocenters. The van der Waals surface area contributed by atoms with E-state index in [1.54, 1.807) is 18.5 Å². The fraction of sp³-hybridized carbons (Fsp3) is 0.583. The number of nitrogens with two attached hydrogens (primary N) is 2. The first-order chi connectivity index (χ1) is 7.30. The number of pyridine rings is 1. The lowest BCUT2D eigenvalue weighted by molar-refractivity contribution is 0.0383. The summed E-state index contributed by atoms with van der Waals surface area (Å²) in [5.74, 6) is 0. The van der Waals surface area contributed by atoms with Gasteiger partial charge in [-0.3, -0.25) is 4.98 Å². The van der Waals surface area contributed by atoms with Crippen LogP contribution in [0.4, 0.5) is 10.1 Å². The second-order valence-electron chi connectivity index (χ2n) is 5.17. The second-order valence-corrected chi connectivity index (χ2v) is 5.17. The lowest BCUT2D eigenvalue weighted by atomic mass is 9.74. The molecule has 1 aromatic rings. The van der Waals surface area contributed by atoms with Crippen molar-refractivity contribution in [2.75, 3.05) is 12.3 Å².